The van der Waals surface area contributed by atoms with Crippen molar-refractivity contribution < 1.29 is 14.9 Å². The monoisotopic (exact) mass is 225 g/mol. The van der Waals surface area contributed by atoms with Crippen LogP contribution in [0.1, 0.15) is 25.5 Å². The molecule has 0 aliphatic heterocycles. The van der Waals surface area contributed by atoms with Gasteiger partial charge in [0.2, 0.25) is 0 Å². The second-order valence-corrected chi connectivity index (χ2v) is 3.92. The van der Waals surface area contributed by atoms with Crippen molar-refractivity contribution in [2.45, 2.75) is 26.0 Å². The molecule has 2 unspecified atom stereocenters. The van der Waals surface area contributed by atoms with Crippen LogP contribution in [0.5, 0.6) is 11.5 Å². The lowest BCUT2D eigenvalue weighted by Gasteiger charge is -2.18. The smallest absolute Gasteiger partial charge is 0.124 e. The van der Waals surface area contributed by atoms with E-state index in [1.165, 1.54) is 6.07 Å². The van der Waals surface area contributed by atoms with Crippen LogP contribution in [0.3, 0.4) is 0 Å². The van der Waals surface area contributed by atoms with Gasteiger partial charge in [-0.05, 0) is 19.9 Å². The molecule has 4 heteroatoms. The van der Waals surface area contributed by atoms with Gasteiger partial charge in [0.15, 0.2) is 0 Å². The Kier molecular flexibility index (Phi) is 4.58. The first-order valence-corrected chi connectivity index (χ1v) is 5.32. The number of aromatic hydroxyl groups is 2. The normalized spacial score (nSPS) is 14.7. The van der Waals surface area contributed by atoms with Gasteiger partial charge in [-0.3, -0.25) is 0 Å². The van der Waals surface area contributed by atoms with Crippen molar-refractivity contribution in [1.29, 1.82) is 0 Å². The van der Waals surface area contributed by atoms with Crippen molar-refractivity contribution in [2.75, 3.05) is 13.7 Å². The van der Waals surface area contributed by atoms with Crippen LogP contribution in [0.25, 0.3) is 0 Å². The molecule has 0 amide bonds. The number of benzene rings is 1. The summed E-state index contributed by atoms with van der Waals surface area (Å²) in [5.41, 5.74) is 0.765. The summed E-state index contributed by atoms with van der Waals surface area (Å²) < 4.78 is 5.12. The van der Waals surface area contributed by atoms with E-state index in [1.54, 1.807) is 19.2 Å². The number of hydrogen-bond donors (Lipinski definition) is 3. The Balaban J connectivity index is 2.62. The highest BCUT2D eigenvalue weighted by Gasteiger charge is 2.11. The summed E-state index contributed by atoms with van der Waals surface area (Å²) in [6, 6.07) is 4.62. The molecule has 16 heavy (non-hydrogen) atoms. The first kappa shape index (κ1) is 12.8. The molecule has 4 nitrogen and oxygen atoms in total. The molecule has 0 saturated carbocycles. The minimum absolute atomic E-state index is 0.0122. The fourth-order valence-electron chi connectivity index (χ4n) is 1.43. The molecule has 0 heterocycles. The first-order chi connectivity index (χ1) is 7.54. The van der Waals surface area contributed by atoms with Gasteiger partial charge >= 0.3 is 0 Å². The van der Waals surface area contributed by atoms with Crippen LogP contribution in [0.2, 0.25) is 0 Å². The summed E-state index contributed by atoms with van der Waals surface area (Å²) in [5.74, 6) is 0.170. The zero-order valence-electron chi connectivity index (χ0n) is 9.90. The van der Waals surface area contributed by atoms with Crippen molar-refractivity contribution in [3.63, 3.8) is 0 Å². The first-order valence-electron chi connectivity index (χ1n) is 5.32. The van der Waals surface area contributed by atoms with Gasteiger partial charge in [-0.1, -0.05) is 6.07 Å². The quantitative estimate of drug-likeness (QED) is 0.715. The second-order valence-electron chi connectivity index (χ2n) is 3.92. The maximum absolute atomic E-state index is 9.65. The highest BCUT2D eigenvalue weighted by atomic mass is 16.5. The number of nitrogens with one attached hydrogen (secondary N) is 1. The molecule has 0 aliphatic rings. The summed E-state index contributed by atoms with van der Waals surface area (Å²) >= 11 is 0. The molecule has 0 bridgehead atoms. The SMILES string of the molecule is COC(C)CNC(C)c1ccc(O)cc1O. The third kappa shape index (κ3) is 3.40. The molecule has 1 aromatic rings. The van der Waals surface area contributed by atoms with Gasteiger partial charge in [0.05, 0.1) is 6.10 Å². The molecule has 1 rings (SSSR count). The number of methoxy groups -OCH3 is 1. The number of ether oxygens (including phenoxy) is 1. The zero-order valence-corrected chi connectivity index (χ0v) is 9.90. The third-order valence-corrected chi connectivity index (χ3v) is 2.59. The predicted octanol–water partition coefficient (Wildman–Crippen LogP) is 1.78. The molecule has 0 radical (unpaired) electrons. The standard InChI is InChI=1S/C12H19NO3/c1-8(16-3)7-13-9(2)11-5-4-10(14)6-12(11)15/h4-6,8-9,13-15H,7H2,1-3H3. The Morgan fingerprint density at radius 3 is 2.56 bits per heavy atom. The van der Waals surface area contributed by atoms with Gasteiger partial charge in [-0.15, -0.1) is 0 Å². The molecule has 0 saturated heterocycles. The minimum Gasteiger partial charge on any atom is -0.508 e. The van der Waals surface area contributed by atoms with Crippen molar-refractivity contribution in [3.05, 3.63) is 23.8 Å². The van der Waals surface area contributed by atoms with E-state index >= 15 is 0 Å². The summed E-state index contributed by atoms with van der Waals surface area (Å²) in [5, 5.41) is 22.1. The van der Waals surface area contributed by atoms with Crippen LogP contribution in [-0.4, -0.2) is 30.0 Å². The summed E-state index contributed by atoms with van der Waals surface area (Å²) in [6.45, 7) is 4.63. The molecule has 90 valence electrons. The maximum atomic E-state index is 9.65. The van der Waals surface area contributed by atoms with Crippen LogP contribution in [0.4, 0.5) is 0 Å². The van der Waals surface area contributed by atoms with Crippen LogP contribution >= 0.6 is 0 Å². The third-order valence-electron chi connectivity index (χ3n) is 2.59. The largest absolute Gasteiger partial charge is 0.508 e. The Hall–Kier alpha value is -1.26. The fourth-order valence-corrected chi connectivity index (χ4v) is 1.43. The van der Waals surface area contributed by atoms with E-state index in [0.29, 0.717) is 6.54 Å². The Morgan fingerprint density at radius 1 is 1.31 bits per heavy atom. The Morgan fingerprint density at radius 2 is 2.00 bits per heavy atom. The van der Waals surface area contributed by atoms with Gasteiger partial charge in [0.1, 0.15) is 11.5 Å². The average Bonchev–Trinajstić information content (AvgIpc) is 2.25. The second kappa shape index (κ2) is 5.72. The molecule has 2 atom stereocenters. The topological polar surface area (TPSA) is 61.7 Å². The molecule has 3 N–H and O–H groups in total. The number of rotatable bonds is 5. The fraction of sp³-hybridized carbons (Fsp3) is 0.500. The van der Waals surface area contributed by atoms with Crippen molar-refractivity contribution in [1.82, 2.24) is 5.32 Å². The Bertz CT molecular complexity index is 341. The van der Waals surface area contributed by atoms with Gasteiger partial charge < -0.3 is 20.3 Å². The zero-order chi connectivity index (χ0) is 12.1. The molecule has 0 fully saturated rings. The van der Waals surface area contributed by atoms with E-state index in [9.17, 15) is 10.2 Å². The lowest BCUT2D eigenvalue weighted by atomic mass is 10.1. The number of hydrogen-bond acceptors (Lipinski definition) is 4. The van der Waals surface area contributed by atoms with E-state index in [4.69, 9.17) is 4.74 Å². The van der Waals surface area contributed by atoms with Crippen LogP contribution in [0.15, 0.2) is 18.2 Å². The molecule has 0 spiro atoms. The van der Waals surface area contributed by atoms with E-state index in [2.05, 4.69) is 5.32 Å². The van der Waals surface area contributed by atoms with Gasteiger partial charge in [-0.2, -0.15) is 0 Å². The van der Waals surface area contributed by atoms with Gasteiger partial charge in [-0.25, -0.2) is 0 Å². The number of phenolic OH excluding ortho intramolecular Hbond substituents is 2. The average molecular weight is 225 g/mol. The van der Waals surface area contributed by atoms with E-state index in [1.807, 2.05) is 13.8 Å². The number of phenols is 2. The van der Waals surface area contributed by atoms with Gasteiger partial charge in [0, 0.05) is 31.3 Å². The van der Waals surface area contributed by atoms with E-state index in [0.717, 1.165) is 5.56 Å². The lowest BCUT2D eigenvalue weighted by Crippen LogP contribution is -2.28. The molecular formula is C12H19NO3. The highest BCUT2D eigenvalue weighted by Crippen LogP contribution is 2.27. The van der Waals surface area contributed by atoms with Crippen molar-refractivity contribution >= 4 is 0 Å². The molecule has 0 aliphatic carbocycles. The summed E-state index contributed by atoms with van der Waals surface area (Å²) in [4.78, 5) is 0. The molecule has 0 aromatic heterocycles. The van der Waals surface area contributed by atoms with Crippen LogP contribution in [0, 0.1) is 0 Å². The van der Waals surface area contributed by atoms with Crippen molar-refractivity contribution in [3.8, 4) is 11.5 Å². The Labute approximate surface area is 95.9 Å². The highest BCUT2D eigenvalue weighted by molar-refractivity contribution is 5.40. The maximum Gasteiger partial charge on any atom is 0.124 e. The minimum atomic E-state index is 0.0122. The van der Waals surface area contributed by atoms with Crippen LogP contribution < -0.4 is 5.32 Å². The van der Waals surface area contributed by atoms with Crippen LogP contribution in [-0.2, 0) is 4.74 Å². The van der Waals surface area contributed by atoms with E-state index in [-0.39, 0.29) is 23.6 Å². The lowest BCUT2D eigenvalue weighted by molar-refractivity contribution is 0.115. The van der Waals surface area contributed by atoms with Gasteiger partial charge in [0.25, 0.3) is 0 Å². The predicted molar refractivity (Wildman–Crippen MR) is 62.7 cm³/mol. The van der Waals surface area contributed by atoms with Crippen molar-refractivity contribution in [2.24, 2.45) is 0 Å². The summed E-state index contributed by atoms with van der Waals surface area (Å²) in [7, 11) is 1.66. The molecule has 1 aromatic carbocycles. The summed E-state index contributed by atoms with van der Waals surface area (Å²) in [6.07, 6.45) is 0.127. The molecular weight excluding hydrogens is 206 g/mol. The van der Waals surface area contributed by atoms with E-state index < -0.39 is 0 Å².